The number of hydrogen-bond donors (Lipinski definition) is 1. The highest BCUT2D eigenvalue weighted by molar-refractivity contribution is 6.30. The lowest BCUT2D eigenvalue weighted by Crippen LogP contribution is -2.27. The highest BCUT2D eigenvalue weighted by Gasteiger charge is 2.20. The van der Waals surface area contributed by atoms with Crippen LogP contribution in [0.2, 0.25) is 5.02 Å². The minimum Gasteiger partial charge on any atom is -0.496 e. The Kier molecular flexibility index (Phi) is 5.57. The Morgan fingerprint density at radius 2 is 1.69 bits per heavy atom. The van der Waals surface area contributed by atoms with Gasteiger partial charge in [0.15, 0.2) is 5.78 Å². The number of rotatable bonds is 4. The van der Waals surface area contributed by atoms with Crippen LogP contribution in [0.5, 0.6) is 5.75 Å². The van der Waals surface area contributed by atoms with Crippen molar-refractivity contribution >= 4 is 39.8 Å². The number of halogens is 1. The van der Waals surface area contributed by atoms with E-state index < -0.39 is 11.5 Å². The maximum absolute atomic E-state index is 13.0. The van der Waals surface area contributed by atoms with Gasteiger partial charge in [0.2, 0.25) is 0 Å². The van der Waals surface area contributed by atoms with Crippen LogP contribution in [-0.4, -0.2) is 23.4 Å². The molecule has 29 heavy (non-hydrogen) atoms. The van der Waals surface area contributed by atoms with Crippen molar-refractivity contribution in [3.63, 3.8) is 0 Å². The Morgan fingerprint density at radius 3 is 2.24 bits per heavy atom. The van der Waals surface area contributed by atoms with Gasteiger partial charge in [-0.15, -0.1) is 0 Å². The number of methoxy groups -OCH3 is 1. The standard InChI is InChI=1S/C22H19ClN2O4/c1-12(24)21(13(2)26)17-10-15-6-9-20(27)25(18(15)11-19(17)29-3)22(28)14-4-7-16(23)8-5-14/h4-11H,24H2,1-3H3. The second kappa shape index (κ2) is 7.93. The lowest BCUT2D eigenvalue weighted by molar-refractivity contribution is -0.111. The van der Waals surface area contributed by atoms with Crippen molar-refractivity contribution in [2.75, 3.05) is 7.11 Å². The molecule has 0 unspecified atom stereocenters. The number of aromatic nitrogens is 1. The van der Waals surface area contributed by atoms with Crippen LogP contribution in [-0.2, 0) is 4.79 Å². The van der Waals surface area contributed by atoms with Crippen LogP contribution in [0.3, 0.4) is 0 Å². The topological polar surface area (TPSA) is 91.4 Å². The van der Waals surface area contributed by atoms with Gasteiger partial charge in [-0.25, -0.2) is 4.57 Å². The van der Waals surface area contributed by atoms with E-state index in [1.165, 1.54) is 20.1 Å². The highest BCUT2D eigenvalue weighted by atomic mass is 35.5. The number of allylic oxidation sites excluding steroid dienone is 2. The molecule has 6 nitrogen and oxygen atoms in total. The van der Waals surface area contributed by atoms with Crippen LogP contribution in [0.1, 0.15) is 29.8 Å². The van der Waals surface area contributed by atoms with Crippen molar-refractivity contribution < 1.29 is 14.3 Å². The molecule has 1 heterocycles. The van der Waals surface area contributed by atoms with Gasteiger partial charge in [0.05, 0.1) is 12.6 Å². The van der Waals surface area contributed by atoms with E-state index in [0.29, 0.717) is 44.1 Å². The molecule has 0 spiro atoms. The minimum absolute atomic E-state index is 0.215. The van der Waals surface area contributed by atoms with Crippen LogP contribution in [0.25, 0.3) is 16.5 Å². The van der Waals surface area contributed by atoms with Crippen molar-refractivity contribution in [3.05, 3.63) is 80.7 Å². The predicted octanol–water partition coefficient (Wildman–Crippen LogP) is 3.63. The number of nitrogens with two attached hydrogens (primary N) is 1. The molecule has 1 aromatic heterocycles. The van der Waals surface area contributed by atoms with E-state index in [2.05, 4.69) is 0 Å². The first-order valence-corrected chi connectivity index (χ1v) is 9.14. The van der Waals surface area contributed by atoms with Crippen molar-refractivity contribution in [2.24, 2.45) is 5.73 Å². The van der Waals surface area contributed by atoms with Crippen molar-refractivity contribution in [1.82, 2.24) is 4.57 Å². The molecule has 148 valence electrons. The number of carbonyl (C=O) groups is 2. The fourth-order valence-electron chi connectivity index (χ4n) is 3.24. The third-order valence-corrected chi connectivity index (χ3v) is 4.78. The molecule has 3 rings (SSSR count). The molecule has 0 aliphatic rings. The molecule has 0 fully saturated rings. The highest BCUT2D eigenvalue weighted by Crippen LogP contribution is 2.32. The van der Waals surface area contributed by atoms with Gasteiger partial charge in [-0.3, -0.25) is 14.4 Å². The number of ether oxygens (including phenoxy) is 1. The largest absolute Gasteiger partial charge is 0.496 e. The van der Waals surface area contributed by atoms with Crippen LogP contribution in [0.4, 0.5) is 0 Å². The number of hydrogen-bond acceptors (Lipinski definition) is 5. The number of pyridine rings is 1. The summed E-state index contributed by atoms with van der Waals surface area (Å²) < 4.78 is 6.51. The summed E-state index contributed by atoms with van der Waals surface area (Å²) in [5.41, 5.74) is 7.27. The van der Waals surface area contributed by atoms with Gasteiger partial charge < -0.3 is 10.5 Å². The fraction of sp³-hybridized carbons (Fsp3) is 0.136. The van der Waals surface area contributed by atoms with Crippen molar-refractivity contribution in [3.8, 4) is 5.75 Å². The van der Waals surface area contributed by atoms with E-state index in [1.807, 2.05) is 0 Å². The molecule has 0 saturated heterocycles. The summed E-state index contributed by atoms with van der Waals surface area (Å²) in [6.07, 6.45) is 0. The minimum atomic E-state index is -0.496. The third-order valence-electron chi connectivity index (χ3n) is 4.53. The lowest BCUT2D eigenvalue weighted by Gasteiger charge is -2.15. The first kappa shape index (κ1) is 20.4. The Bertz CT molecular complexity index is 1220. The molecule has 0 saturated carbocycles. The zero-order valence-corrected chi connectivity index (χ0v) is 16.9. The van der Waals surface area contributed by atoms with E-state index in [4.69, 9.17) is 22.1 Å². The van der Waals surface area contributed by atoms with Gasteiger partial charge in [-0.05, 0) is 55.6 Å². The zero-order valence-electron chi connectivity index (χ0n) is 16.2. The molecule has 0 aliphatic carbocycles. The summed E-state index contributed by atoms with van der Waals surface area (Å²) in [4.78, 5) is 37.7. The molecule has 2 aromatic carbocycles. The predicted molar refractivity (Wildman–Crippen MR) is 113 cm³/mol. The number of carbonyl (C=O) groups excluding carboxylic acids is 2. The average molecular weight is 411 g/mol. The van der Waals surface area contributed by atoms with Crippen LogP contribution >= 0.6 is 11.6 Å². The van der Waals surface area contributed by atoms with Gasteiger partial charge >= 0.3 is 0 Å². The molecule has 3 aromatic rings. The van der Waals surface area contributed by atoms with Crippen LogP contribution < -0.4 is 16.0 Å². The molecule has 0 bridgehead atoms. The third kappa shape index (κ3) is 3.79. The summed E-state index contributed by atoms with van der Waals surface area (Å²) in [5.74, 6) is -0.381. The summed E-state index contributed by atoms with van der Waals surface area (Å²) in [6.45, 7) is 3.05. The normalized spacial score (nSPS) is 11.9. The molecular formula is C22H19ClN2O4. The summed E-state index contributed by atoms with van der Waals surface area (Å²) >= 11 is 5.89. The number of nitrogens with zero attached hydrogens (tertiary/aromatic N) is 1. The Hall–Kier alpha value is -3.38. The van der Waals surface area contributed by atoms with Gasteiger partial charge in [0.1, 0.15) is 5.75 Å². The van der Waals surface area contributed by atoms with Gasteiger partial charge in [-0.2, -0.15) is 0 Å². The van der Waals surface area contributed by atoms with Gasteiger partial charge in [0, 0.05) is 39.6 Å². The molecule has 0 atom stereocenters. The van der Waals surface area contributed by atoms with E-state index in [-0.39, 0.29) is 5.78 Å². The second-order valence-corrected chi connectivity index (χ2v) is 6.98. The quantitative estimate of drug-likeness (QED) is 0.663. The monoisotopic (exact) mass is 410 g/mol. The number of benzene rings is 2. The SMILES string of the molecule is COc1cc2c(ccc(=O)n2C(=O)c2ccc(Cl)cc2)cc1C(C(C)=O)=C(C)N. The molecular weight excluding hydrogens is 392 g/mol. The molecule has 0 amide bonds. The number of ketones is 1. The fourth-order valence-corrected chi connectivity index (χ4v) is 3.37. The Labute approximate surface area is 172 Å². The van der Waals surface area contributed by atoms with Crippen LogP contribution in [0.15, 0.2) is 59.0 Å². The maximum Gasteiger partial charge on any atom is 0.265 e. The Morgan fingerprint density at radius 1 is 1.03 bits per heavy atom. The smallest absolute Gasteiger partial charge is 0.265 e. The summed E-state index contributed by atoms with van der Waals surface area (Å²) in [5, 5.41) is 1.07. The molecule has 2 N–H and O–H groups in total. The second-order valence-electron chi connectivity index (χ2n) is 6.54. The summed E-state index contributed by atoms with van der Waals surface area (Å²) in [6, 6.07) is 12.4. The van der Waals surface area contributed by atoms with Crippen LogP contribution in [0, 0.1) is 0 Å². The van der Waals surface area contributed by atoms with E-state index in [9.17, 15) is 14.4 Å². The van der Waals surface area contributed by atoms with E-state index in [1.54, 1.807) is 49.4 Å². The van der Waals surface area contributed by atoms with Crippen molar-refractivity contribution in [1.29, 1.82) is 0 Å². The lowest BCUT2D eigenvalue weighted by atomic mass is 9.97. The van der Waals surface area contributed by atoms with Crippen molar-refractivity contribution in [2.45, 2.75) is 13.8 Å². The van der Waals surface area contributed by atoms with Gasteiger partial charge in [0.25, 0.3) is 11.5 Å². The van der Waals surface area contributed by atoms with E-state index >= 15 is 0 Å². The Balaban J connectivity index is 2.31. The molecule has 7 heteroatoms. The van der Waals surface area contributed by atoms with Gasteiger partial charge in [-0.1, -0.05) is 11.6 Å². The summed E-state index contributed by atoms with van der Waals surface area (Å²) in [7, 11) is 1.45. The maximum atomic E-state index is 13.0. The average Bonchev–Trinajstić information content (AvgIpc) is 2.67. The first-order valence-electron chi connectivity index (χ1n) is 8.76. The number of fused-ring (bicyclic) bond motifs is 1. The molecule has 0 aliphatic heterocycles. The van der Waals surface area contributed by atoms with E-state index in [0.717, 1.165) is 4.57 Å². The molecule has 0 radical (unpaired) electrons. The first-order chi connectivity index (χ1) is 13.7. The number of Topliss-reactive ketones (excluding diaryl/α,β-unsaturated/α-hetero) is 1. The zero-order chi connectivity index (χ0) is 21.3.